The second-order valence-electron chi connectivity index (χ2n) is 8.60. The monoisotopic (exact) mass is 410 g/mol. The maximum absolute atomic E-state index is 13.5. The average molecular weight is 411 g/mol. The average Bonchev–Trinajstić information content (AvgIpc) is 3.55. The lowest BCUT2D eigenvalue weighted by Crippen LogP contribution is -2.15. The molecule has 0 atom stereocenters. The van der Waals surface area contributed by atoms with Gasteiger partial charge < -0.3 is 5.32 Å². The molecule has 156 valence electrons. The summed E-state index contributed by atoms with van der Waals surface area (Å²) in [4.78, 5) is 18.4. The highest BCUT2D eigenvalue weighted by molar-refractivity contribution is 6.13. The van der Waals surface area contributed by atoms with E-state index in [1.54, 1.807) is 0 Å². The van der Waals surface area contributed by atoms with E-state index in [1.165, 1.54) is 5.56 Å². The summed E-state index contributed by atoms with van der Waals surface area (Å²) >= 11 is 0. The molecule has 5 rings (SSSR count). The van der Waals surface area contributed by atoms with E-state index < -0.39 is 0 Å². The number of aromatic nitrogens is 3. The first-order valence-electron chi connectivity index (χ1n) is 10.8. The van der Waals surface area contributed by atoms with Crippen molar-refractivity contribution in [3.05, 3.63) is 82.2 Å². The number of fused-ring (bicyclic) bond motifs is 1. The molecule has 1 fully saturated rings. The lowest BCUT2D eigenvalue weighted by atomic mass is 10.1. The molecule has 1 saturated carbocycles. The van der Waals surface area contributed by atoms with E-state index in [0.29, 0.717) is 11.5 Å². The van der Waals surface area contributed by atoms with E-state index in [0.717, 1.165) is 57.8 Å². The molecule has 0 spiro atoms. The first-order chi connectivity index (χ1) is 14.9. The summed E-state index contributed by atoms with van der Waals surface area (Å²) < 4.78 is 1.87. The van der Waals surface area contributed by atoms with Gasteiger partial charge in [0.15, 0.2) is 5.65 Å². The number of pyridine rings is 1. The number of benzene rings is 2. The van der Waals surface area contributed by atoms with E-state index in [1.807, 2.05) is 48.9 Å². The smallest absolute Gasteiger partial charge is 0.256 e. The normalized spacial score (nSPS) is 13.5. The number of hydrogen-bond acceptors (Lipinski definition) is 3. The van der Waals surface area contributed by atoms with Crippen LogP contribution in [0.15, 0.2) is 48.5 Å². The SMILES string of the molecule is Cc1ccc(-n2nc(C)c3c(C(=O)Nc4cccc(C)c4C)cc(C4CC4)nc32)cc1. The van der Waals surface area contributed by atoms with Crippen molar-refractivity contribution >= 4 is 22.6 Å². The fourth-order valence-electron chi connectivity index (χ4n) is 4.02. The molecular formula is C26H26N4O. The van der Waals surface area contributed by atoms with Crippen LogP contribution >= 0.6 is 0 Å². The van der Waals surface area contributed by atoms with Crippen molar-refractivity contribution in [3.8, 4) is 5.69 Å². The van der Waals surface area contributed by atoms with Gasteiger partial charge in [-0.2, -0.15) is 5.10 Å². The molecule has 0 bridgehead atoms. The Hall–Kier alpha value is -3.47. The fraction of sp³-hybridized carbons (Fsp3) is 0.269. The van der Waals surface area contributed by atoms with Crippen LogP contribution in [-0.4, -0.2) is 20.7 Å². The zero-order valence-electron chi connectivity index (χ0n) is 18.4. The molecule has 31 heavy (non-hydrogen) atoms. The number of aryl methyl sites for hydroxylation is 3. The summed E-state index contributed by atoms with van der Waals surface area (Å²) in [6.07, 6.45) is 2.24. The van der Waals surface area contributed by atoms with Crippen LogP contribution in [0.4, 0.5) is 5.69 Å². The molecule has 1 amide bonds. The van der Waals surface area contributed by atoms with Gasteiger partial charge in [0, 0.05) is 17.3 Å². The summed E-state index contributed by atoms with van der Waals surface area (Å²) in [6.45, 7) is 8.09. The minimum atomic E-state index is -0.116. The van der Waals surface area contributed by atoms with Gasteiger partial charge in [-0.25, -0.2) is 9.67 Å². The highest BCUT2D eigenvalue weighted by Crippen LogP contribution is 2.41. The van der Waals surface area contributed by atoms with Crippen LogP contribution in [0.3, 0.4) is 0 Å². The van der Waals surface area contributed by atoms with Gasteiger partial charge in [-0.15, -0.1) is 0 Å². The molecule has 1 N–H and O–H groups in total. The van der Waals surface area contributed by atoms with Crippen LogP contribution in [0.5, 0.6) is 0 Å². The van der Waals surface area contributed by atoms with Gasteiger partial charge in [-0.3, -0.25) is 4.79 Å². The Morgan fingerprint density at radius 2 is 1.77 bits per heavy atom. The predicted molar refractivity (Wildman–Crippen MR) is 124 cm³/mol. The van der Waals surface area contributed by atoms with Crippen LogP contribution in [0.25, 0.3) is 16.7 Å². The van der Waals surface area contributed by atoms with Gasteiger partial charge >= 0.3 is 0 Å². The van der Waals surface area contributed by atoms with Crippen molar-refractivity contribution in [2.45, 2.75) is 46.5 Å². The van der Waals surface area contributed by atoms with Gasteiger partial charge in [0.2, 0.25) is 0 Å². The summed E-state index contributed by atoms with van der Waals surface area (Å²) in [5.41, 5.74) is 8.38. The zero-order chi connectivity index (χ0) is 21.7. The van der Waals surface area contributed by atoms with E-state index in [9.17, 15) is 4.79 Å². The summed E-state index contributed by atoms with van der Waals surface area (Å²) in [6, 6.07) is 16.2. The van der Waals surface area contributed by atoms with Crippen LogP contribution in [0, 0.1) is 27.7 Å². The van der Waals surface area contributed by atoms with Crippen molar-refractivity contribution in [2.24, 2.45) is 0 Å². The molecule has 1 aliphatic rings. The van der Waals surface area contributed by atoms with Crippen molar-refractivity contribution in [3.63, 3.8) is 0 Å². The Kier molecular flexibility index (Phi) is 4.62. The number of rotatable bonds is 4. The van der Waals surface area contributed by atoms with Crippen molar-refractivity contribution in [1.82, 2.24) is 14.8 Å². The molecule has 4 aromatic rings. The first kappa shape index (κ1) is 19.5. The lowest BCUT2D eigenvalue weighted by Gasteiger charge is -2.12. The second-order valence-corrected chi connectivity index (χ2v) is 8.60. The number of carbonyl (C=O) groups excluding carboxylic acids is 1. The number of carbonyl (C=O) groups is 1. The summed E-state index contributed by atoms with van der Waals surface area (Å²) in [5, 5.41) is 8.71. The summed E-state index contributed by atoms with van der Waals surface area (Å²) in [5.74, 6) is 0.313. The third kappa shape index (κ3) is 3.50. The minimum Gasteiger partial charge on any atom is -0.322 e. The minimum absolute atomic E-state index is 0.116. The van der Waals surface area contributed by atoms with Crippen molar-refractivity contribution < 1.29 is 4.79 Å². The third-order valence-corrected chi connectivity index (χ3v) is 6.20. The predicted octanol–water partition coefficient (Wildman–Crippen LogP) is 5.78. The molecule has 0 radical (unpaired) electrons. The van der Waals surface area contributed by atoms with E-state index in [-0.39, 0.29) is 5.91 Å². The van der Waals surface area contributed by atoms with Crippen LogP contribution < -0.4 is 5.32 Å². The molecule has 0 saturated heterocycles. The van der Waals surface area contributed by atoms with E-state index >= 15 is 0 Å². The molecular weight excluding hydrogens is 384 g/mol. The maximum Gasteiger partial charge on any atom is 0.256 e. The van der Waals surface area contributed by atoms with Gasteiger partial charge in [0.25, 0.3) is 5.91 Å². The molecule has 1 aliphatic carbocycles. The molecule has 0 aliphatic heterocycles. The standard InChI is InChI=1S/C26H26N4O/c1-15-8-12-20(13-9-15)30-25-24(18(4)29-30)21(14-23(27-25)19-10-11-19)26(31)28-22-7-5-6-16(2)17(22)3/h5-9,12-14,19H,10-11H2,1-4H3,(H,28,31). The van der Waals surface area contributed by atoms with Crippen LogP contribution in [0.2, 0.25) is 0 Å². The number of anilines is 1. The van der Waals surface area contributed by atoms with E-state index in [4.69, 9.17) is 10.1 Å². The maximum atomic E-state index is 13.5. The third-order valence-electron chi connectivity index (χ3n) is 6.20. The highest BCUT2D eigenvalue weighted by Gasteiger charge is 2.29. The van der Waals surface area contributed by atoms with Crippen LogP contribution in [0.1, 0.15) is 57.2 Å². The van der Waals surface area contributed by atoms with E-state index in [2.05, 4.69) is 37.4 Å². The van der Waals surface area contributed by atoms with Gasteiger partial charge in [0.1, 0.15) is 0 Å². The Labute approximate surface area is 182 Å². The number of amides is 1. The second kappa shape index (κ2) is 7.34. The molecule has 0 unspecified atom stereocenters. The number of nitrogens with one attached hydrogen (secondary N) is 1. The largest absolute Gasteiger partial charge is 0.322 e. The van der Waals surface area contributed by atoms with Crippen LogP contribution in [-0.2, 0) is 0 Å². The lowest BCUT2D eigenvalue weighted by molar-refractivity contribution is 0.102. The fourth-order valence-corrected chi connectivity index (χ4v) is 4.02. The quantitative estimate of drug-likeness (QED) is 0.464. The van der Waals surface area contributed by atoms with Crippen molar-refractivity contribution in [2.75, 3.05) is 5.32 Å². The van der Waals surface area contributed by atoms with Gasteiger partial charge in [0.05, 0.1) is 22.3 Å². The summed E-state index contributed by atoms with van der Waals surface area (Å²) in [7, 11) is 0. The molecule has 5 heteroatoms. The topological polar surface area (TPSA) is 59.8 Å². The molecule has 2 aromatic heterocycles. The number of hydrogen-bond donors (Lipinski definition) is 1. The van der Waals surface area contributed by atoms with Crippen molar-refractivity contribution in [1.29, 1.82) is 0 Å². The zero-order valence-corrected chi connectivity index (χ0v) is 18.4. The Morgan fingerprint density at radius 1 is 1.03 bits per heavy atom. The molecule has 2 heterocycles. The van der Waals surface area contributed by atoms with Gasteiger partial charge in [-0.05, 0) is 75.9 Å². The molecule has 5 nitrogen and oxygen atoms in total. The molecule has 2 aromatic carbocycles. The highest BCUT2D eigenvalue weighted by atomic mass is 16.1. The number of nitrogens with zero attached hydrogens (tertiary/aromatic N) is 3. The Morgan fingerprint density at radius 3 is 2.48 bits per heavy atom. The Balaban J connectivity index is 1.66. The first-order valence-corrected chi connectivity index (χ1v) is 10.8. The Bertz CT molecular complexity index is 1310. The van der Waals surface area contributed by atoms with Gasteiger partial charge in [-0.1, -0.05) is 29.8 Å².